The number of nitrogens with one attached hydrogen (secondary N) is 1. The van der Waals surface area contributed by atoms with Gasteiger partial charge in [0.1, 0.15) is 11.8 Å². The van der Waals surface area contributed by atoms with Gasteiger partial charge in [-0.3, -0.25) is 14.5 Å². The second-order valence-electron chi connectivity index (χ2n) is 8.79. The van der Waals surface area contributed by atoms with Gasteiger partial charge in [0.2, 0.25) is 5.91 Å². The Labute approximate surface area is 237 Å². The maximum absolute atomic E-state index is 13.7. The van der Waals surface area contributed by atoms with Gasteiger partial charge in [-0.15, -0.1) is 0 Å². The number of hydrogen-bond acceptors (Lipinski definition) is 6. The molecule has 10 heteroatoms. The fourth-order valence-electron chi connectivity index (χ4n) is 4.25. The van der Waals surface area contributed by atoms with Crippen LogP contribution in [0.4, 0.5) is 11.4 Å². The molecule has 0 bridgehead atoms. The standard InChI is InChI=1S/C29H28ClN3O5S/c1-3-38-28(36)20-6-12-23(13-7-20)33-27(35)25(18-26(34)31-22-10-8-21(30)9-11-22)32(29(33)39)17-16-19-4-14-24(37-2)15-5-19/h4-15,25H,3,16-18H2,1-2H3,(H,31,34). The third-order valence-electron chi connectivity index (χ3n) is 6.26. The maximum atomic E-state index is 13.7. The van der Waals surface area contributed by atoms with Gasteiger partial charge in [0.25, 0.3) is 5.91 Å². The number of hydrogen-bond donors (Lipinski definition) is 1. The van der Waals surface area contributed by atoms with Crippen LogP contribution in [0.2, 0.25) is 5.02 Å². The van der Waals surface area contributed by atoms with Crippen LogP contribution in [0.1, 0.15) is 29.3 Å². The monoisotopic (exact) mass is 565 g/mol. The summed E-state index contributed by atoms with van der Waals surface area (Å²) >= 11 is 11.7. The van der Waals surface area contributed by atoms with Gasteiger partial charge in [-0.05, 0) is 91.8 Å². The summed E-state index contributed by atoms with van der Waals surface area (Å²) in [6, 6.07) is 20.1. The van der Waals surface area contributed by atoms with Gasteiger partial charge < -0.3 is 19.7 Å². The molecule has 4 rings (SSSR count). The van der Waals surface area contributed by atoms with Gasteiger partial charge in [0, 0.05) is 17.3 Å². The predicted molar refractivity (Wildman–Crippen MR) is 154 cm³/mol. The van der Waals surface area contributed by atoms with Crippen LogP contribution in [0.3, 0.4) is 0 Å². The average Bonchev–Trinajstić information content (AvgIpc) is 3.17. The van der Waals surface area contributed by atoms with Crippen LogP contribution in [-0.2, 0) is 20.7 Å². The molecule has 3 aromatic rings. The molecule has 1 aliphatic rings. The Hall–Kier alpha value is -3.95. The zero-order chi connectivity index (χ0) is 27.9. The summed E-state index contributed by atoms with van der Waals surface area (Å²) in [4.78, 5) is 41.9. The smallest absolute Gasteiger partial charge is 0.338 e. The molecule has 0 aliphatic carbocycles. The second kappa shape index (κ2) is 12.7. The summed E-state index contributed by atoms with van der Waals surface area (Å²) in [5.41, 5.74) is 2.49. The lowest BCUT2D eigenvalue weighted by Crippen LogP contribution is -2.39. The Kier molecular flexibility index (Phi) is 9.16. The highest BCUT2D eigenvalue weighted by molar-refractivity contribution is 7.80. The highest BCUT2D eigenvalue weighted by atomic mass is 35.5. The lowest BCUT2D eigenvalue weighted by atomic mass is 10.1. The maximum Gasteiger partial charge on any atom is 0.338 e. The molecular formula is C29H28ClN3O5S. The van der Waals surface area contributed by atoms with E-state index in [0.29, 0.717) is 40.0 Å². The number of benzene rings is 3. The Balaban J connectivity index is 1.55. The van der Waals surface area contributed by atoms with Crippen molar-refractivity contribution in [2.24, 2.45) is 0 Å². The number of carbonyl (C=O) groups is 3. The Morgan fingerprint density at radius 1 is 1.00 bits per heavy atom. The van der Waals surface area contributed by atoms with E-state index in [1.54, 1.807) is 67.5 Å². The fourth-order valence-corrected chi connectivity index (χ4v) is 4.79. The zero-order valence-electron chi connectivity index (χ0n) is 21.6. The van der Waals surface area contributed by atoms with Crippen molar-refractivity contribution in [1.82, 2.24) is 4.90 Å². The summed E-state index contributed by atoms with van der Waals surface area (Å²) in [5.74, 6) is -0.339. The van der Waals surface area contributed by atoms with E-state index in [4.69, 9.17) is 33.3 Å². The molecule has 0 aromatic heterocycles. The first-order valence-corrected chi connectivity index (χ1v) is 13.2. The molecule has 0 radical (unpaired) electrons. The van der Waals surface area contributed by atoms with Gasteiger partial charge in [-0.2, -0.15) is 0 Å². The van der Waals surface area contributed by atoms with Crippen LogP contribution in [0.15, 0.2) is 72.8 Å². The number of methoxy groups -OCH3 is 1. The number of carbonyl (C=O) groups excluding carboxylic acids is 3. The molecule has 8 nitrogen and oxygen atoms in total. The van der Waals surface area contributed by atoms with Crippen molar-refractivity contribution < 1.29 is 23.9 Å². The van der Waals surface area contributed by atoms with Gasteiger partial charge >= 0.3 is 5.97 Å². The molecule has 3 aromatic carbocycles. The van der Waals surface area contributed by atoms with E-state index in [2.05, 4.69) is 5.32 Å². The van der Waals surface area contributed by atoms with Crippen LogP contribution in [0, 0.1) is 0 Å². The number of nitrogens with zero attached hydrogens (tertiary/aromatic N) is 2. The highest BCUT2D eigenvalue weighted by Crippen LogP contribution is 2.28. The number of esters is 1. The molecular weight excluding hydrogens is 538 g/mol. The minimum absolute atomic E-state index is 0.0956. The normalized spacial score (nSPS) is 14.9. The number of thiocarbonyl (C=S) groups is 1. The van der Waals surface area contributed by atoms with Crippen LogP contribution in [0.5, 0.6) is 5.75 Å². The molecule has 0 saturated carbocycles. The third-order valence-corrected chi connectivity index (χ3v) is 6.93. The molecule has 1 heterocycles. The summed E-state index contributed by atoms with van der Waals surface area (Å²) in [6.07, 6.45) is 0.504. The van der Waals surface area contributed by atoms with Crippen molar-refractivity contribution in [3.8, 4) is 5.75 Å². The van der Waals surface area contributed by atoms with Crippen LogP contribution < -0.4 is 15.0 Å². The molecule has 202 valence electrons. The van der Waals surface area contributed by atoms with E-state index < -0.39 is 12.0 Å². The average molecular weight is 566 g/mol. The summed E-state index contributed by atoms with van der Waals surface area (Å²) < 4.78 is 10.3. The predicted octanol–water partition coefficient (Wildman–Crippen LogP) is 5.10. The van der Waals surface area contributed by atoms with Crippen molar-refractivity contribution in [3.05, 3.63) is 88.9 Å². The van der Waals surface area contributed by atoms with Crippen molar-refractivity contribution in [2.75, 3.05) is 30.5 Å². The third kappa shape index (κ3) is 6.74. The van der Waals surface area contributed by atoms with Crippen LogP contribution in [-0.4, -0.2) is 54.1 Å². The topological polar surface area (TPSA) is 88.2 Å². The number of anilines is 2. The lowest BCUT2D eigenvalue weighted by Gasteiger charge is -2.24. The summed E-state index contributed by atoms with van der Waals surface area (Å²) in [6.45, 7) is 2.42. The van der Waals surface area contributed by atoms with Crippen molar-refractivity contribution in [3.63, 3.8) is 0 Å². The fraction of sp³-hybridized carbons (Fsp3) is 0.241. The first-order chi connectivity index (χ1) is 18.8. The van der Waals surface area contributed by atoms with Gasteiger partial charge in [0.15, 0.2) is 5.11 Å². The number of rotatable bonds is 10. The number of halogens is 1. The number of amides is 2. The molecule has 2 amide bonds. The molecule has 1 atom stereocenters. The summed E-state index contributed by atoms with van der Waals surface area (Å²) in [7, 11) is 1.61. The lowest BCUT2D eigenvalue weighted by molar-refractivity contribution is -0.124. The Morgan fingerprint density at radius 3 is 2.28 bits per heavy atom. The van der Waals surface area contributed by atoms with Gasteiger partial charge in [-0.1, -0.05) is 23.7 Å². The molecule has 1 fully saturated rings. The quantitative estimate of drug-likeness (QED) is 0.270. The van der Waals surface area contributed by atoms with Crippen LogP contribution >= 0.6 is 23.8 Å². The van der Waals surface area contributed by atoms with Crippen molar-refractivity contribution in [2.45, 2.75) is 25.8 Å². The van der Waals surface area contributed by atoms with Crippen LogP contribution in [0.25, 0.3) is 0 Å². The number of ether oxygens (including phenoxy) is 2. The molecule has 1 N–H and O–H groups in total. The largest absolute Gasteiger partial charge is 0.497 e. The SMILES string of the molecule is CCOC(=O)c1ccc(N2C(=O)C(CC(=O)Nc3ccc(Cl)cc3)N(CCc3ccc(OC)cc3)C2=S)cc1. The van der Waals surface area contributed by atoms with Gasteiger partial charge in [0.05, 0.1) is 31.4 Å². The van der Waals surface area contributed by atoms with E-state index in [9.17, 15) is 14.4 Å². The minimum atomic E-state index is -0.798. The second-order valence-corrected chi connectivity index (χ2v) is 9.59. The molecule has 1 aliphatic heterocycles. The zero-order valence-corrected chi connectivity index (χ0v) is 23.1. The van der Waals surface area contributed by atoms with E-state index in [-0.39, 0.29) is 24.8 Å². The molecule has 0 spiro atoms. The first-order valence-electron chi connectivity index (χ1n) is 12.4. The molecule has 1 saturated heterocycles. The van der Waals surface area contributed by atoms with Crippen molar-refractivity contribution in [1.29, 1.82) is 0 Å². The highest BCUT2D eigenvalue weighted by Gasteiger charge is 2.44. The van der Waals surface area contributed by atoms with E-state index in [1.807, 2.05) is 24.3 Å². The molecule has 1 unspecified atom stereocenters. The van der Waals surface area contributed by atoms with E-state index in [0.717, 1.165) is 11.3 Å². The minimum Gasteiger partial charge on any atom is -0.497 e. The van der Waals surface area contributed by atoms with E-state index >= 15 is 0 Å². The first kappa shape index (κ1) is 28.1. The molecule has 39 heavy (non-hydrogen) atoms. The Bertz CT molecular complexity index is 1350. The van der Waals surface area contributed by atoms with Crippen molar-refractivity contribution >= 4 is 58.1 Å². The van der Waals surface area contributed by atoms with E-state index in [1.165, 1.54) is 4.90 Å². The Morgan fingerprint density at radius 2 is 1.67 bits per heavy atom. The summed E-state index contributed by atoms with van der Waals surface area (Å²) in [5, 5.41) is 3.67. The van der Waals surface area contributed by atoms with Gasteiger partial charge in [-0.25, -0.2) is 4.79 Å².